The van der Waals surface area contributed by atoms with Crippen LogP contribution in [0.4, 0.5) is 0 Å². The molecule has 1 aliphatic heterocycles. The van der Waals surface area contributed by atoms with E-state index in [1.165, 1.54) is 0 Å². The summed E-state index contributed by atoms with van der Waals surface area (Å²) in [5.41, 5.74) is 3.49. The lowest BCUT2D eigenvalue weighted by Gasteiger charge is -2.53. The second-order valence-electron chi connectivity index (χ2n) is 12.3. The molecule has 0 unspecified atom stereocenters. The van der Waals surface area contributed by atoms with Gasteiger partial charge in [-0.25, -0.2) is 4.79 Å². The number of nitrogens with zero attached hydrogens (tertiary/aromatic N) is 1. The zero-order valence-corrected chi connectivity index (χ0v) is 25.7. The molecule has 2 heterocycles. The molecule has 7 heteroatoms. The molecule has 0 bridgehead atoms. The topological polar surface area (TPSA) is 80.0 Å². The van der Waals surface area contributed by atoms with Crippen molar-refractivity contribution in [2.45, 2.75) is 77.0 Å². The predicted molar refractivity (Wildman–Crippen MR) is 169 cm³/mol. The summed E-state index contributed by atoms with van der Waals surface area (Å²) in [5.74, 6) is 0.312. The van der Waals surface area contributed by atoms with Crippen LogP contribution in [-0.2, 0) is 11.2 Å². The maximum atomic E-state index is 14.2. The third kappa shape index (κ3) is 5.71. The van der Waals surface area contributed by atoms with Crippen LogP contribution in [0.15, 0.2) is 75.9 Å². The first kappa shape index (κ1) is 29.5. The van der Waals surface area contributed by atoms with Crippen LogP contribution in [0.5, 0.6) is 5.75 Å². The minimum absolute atomic E-state index is 0.0656. The summed E-state index contributed by atoms with van der Waals surface area (Å²) in [4.78, 5) is 29.2. The average molecular weight is 600 g/mol. The van der Waals surface area contributed by atoms with E-state index in [4.69, 9.17) is 20.8 Å². The van der Waals surface area contributed by atoms with Gasteiger partial charge in [0.1, 0.15) is 11.3 Å². The number of carbonyl (C=O) groups excluding carboxylic acids is 1. The van der Waals surface area contributed by atoms with Gasteiger partial charge in [-0.05, 0) is 86.6 Å². The van der Waals surface area contributed by atoms with E-state index in [-0.39, 0.29) is 23.5 Å². The Labute approximate surface area is 257 Å². The van der Waals surface area contributed by atoms with E-state index in [9.17, 15) is 14.7 Å². The Bertz CT molecular complexity index is 1700. The Balaban J connectivity index is 1.34. The number of rotatable bonds is 6. The monoisotopic (exact) mass is 599 g/mol. The molecule has 4 aromatic rings. The highest BCUT2D eigenvalue weighted by Crippen LogP contribution is 2.49. The van der Waals surface area contributed by atoms with E-state index in [2.05, 4.69) is 0 Å². The first-order chi connectivity index (χ1) is 20.6. The van der Waals surface area contributed by atoms with Crippen molar-refractivity contribution in [2.75, 3.05) is 6.54 Å². The summed E-state index contributed by atoms with van der Waals surface area (Å²) < 4.78 is 12.3. The van der Waals surface area contributed by atoms with Gasteiger partial charge in [-0.15, -0.1) is 0 Å². The SMILES string of the molecule is Cc1cc(O[C@H](C)C(=O)N2CC[C@@]3(O)CCCC[C@@H]3[C@@H]2c2ccc(Cl)cc2)c2c(C)c(Cc3ccccc3)c(=O)oc2c1. The van der Waals surface area contributed by atoms with Crippen molar-refractivity contribution in [1.82, 2.24) is 4.90 Å². The molecule has 224 valence electrons. The van der Waals surface area contributed by atoms with Crippen LogP contribution >= 0.6 is 11.6 Å². The number of carbonyl (C=O) groups is 1. The molecule has 1 N–H and O–H groups in total. The smallest absolute Gasteiger partial charge is 0.340 e. The summed E-state index contributed by atoms with van der Waals surface area (Å²) in [6.07, 6.45) is 3.80. The molecular weight excluding hydrogens is 562 g/mol. The zero-order valence-electron chi connectivity index (χ0n) is 24.9. The second kappa shape index (κ2) is 11.8. The first-order valence-corrected chi connectivity index (χ1v) is 15.6. The van der Waals surface area contributed by atoms with E-state index < -0.39 is 11.7 Å². The fraction of sp³-hybridized carbons (Fsp3) is 0.389. The van der Waals surface area contributed by atoms with Crippen molar-refractivity contribution in [3.8, 4) is 5.75 Å². The molecular formula is C36H38ClNO5. The second-order valence-corrected chi connectivity index (χ2v) is 12.7. The van der Waals surface area contributed by atoms with E-state index in [0.717, 1.165) is 47.9 Å². The lowest BCUT2D eigenvalue weighted by Crippen LogP contribution is -2.58. The van der Waals surface area contributed by atoms with Gasteiger partial charge in [0.05, 0.1) is 17.0 Å². The molecule has 1 saturated heterocycles. The number of hydrogen-bond acceptors (Lipinski definition) is 5. The van der Waals surface area contributed by atoms with Gasteiger partial charge in [0.2, 0.25) is 0 Å². The normalized spacial score (nSPS) is 22.7. The number of amides is 1. The highest BCUT2D eigenvalue weighted by molar-refractivity contribution is 6.30. The Morgan fingerprint density at radius 3 is 2.58 bits per heavy atom. The lowest BCUT2D eigenvalue weighted by atomic mass is 9.66. The fourth-order valence-electron chi connectivity index (χ4n) is 7.21. The number of benzene rings is 3. The zero-order chi connectivity index (χ0) is 30.3. The van der Waals surface area contributed by atoms with Crippen LogP contribution in [0.1, 0.15) is 72.9 Å². The standard InChI is InChI=1S/C36H38ClNO5/c1-22-19-30(32-23(2)28(35(40)43-31(32)20-22)21-25-9-5-4-6-10-25)42-24(3)34(39)38-18-17-36(41)16-8-7-11-29(36)33(38)26-12-14-27(37)15-13-26/h4-6,9-10,12-15,19-20,24,29,33,41H,7-8,11,16-18,21H2,1-3H3/t24-,29-,33+,36+/m1/s1. The first-order valence-electron chi connectivity index (χ1n) is 15.2. The molecule has 2 aliphatic rings. The average Bonchev–Trinajstić information content (AvgIpc) is 2.98. The Hall–Kier alpha value is -3.61. The van der Waals surface area contributed by atoms with Gasteiger partial charge >= 0.3 is 5.63 Å². The van der Waals surface area contributed by atoms with E-state index in [0.29, 0.717) is 46.7 Å². The molecule has 1 aromatic heterocycles. The summed E-state index contributed by atoms with van der Waals surface area (Å²) in [7, 11) is 0. The third-order valence-corrected chi connectivity index (χ3v) is 9.68. The van der Waals surface area contributed by atoms with Crippen molar-refractivity contribution >= 4 is 28.5 Å². The highest BCUT2D eigenvalue weighted by atomic mass is 35.5. The van der Waals surface area contributed by atoms with Gasteiger partial charge in [-0.1, -0.05) is 66.9 Å². The van der Waals surface area contributed by atoms with Crippen molar-refractivity contribution in [2.24, 2.45) is 5.92 Å². The number of hydrogen-bond donors (Lipinski definition) is 1. The molecule has 3 aromatic carbocycles. The number of halogens is 1. The van der Waals surface area contributed by atoms with Gasteiger partial charge in [0, 0.05) is 29.5 Å². The molecule has 2 fully saturated rings. The Morgan fingerprint density at radius 2 is 1.84 bits per heavy atom. The van der Waals surface area contributed by atoms with Crippen molar-refractivity contribution in [3.05, 3.63) is 110 Å². The van der Waals surface area contributed by atoms with Crippen LogP contribution < -0.4 is 10.4 Å². The third-order valence-electron chi connectivity index (χ3n) is 9.42. The fourth-order valence-corrected chi connectivity index (χ4v) is 7.34. The molecule has 0 spiro atoms. The van der Waals surface area contributed by atoms with Gasteiger partial charge in [0.25, 0.3) is 5.91 Å². The summed E-state index contributed by atoms with van der Waals surface area (Å²) in [5, 5.41) is 13.0. The van der Waals surface area contributed by atoms with Crippen LogP contribution in [0.25, 0.3) is 11.0 Å². The molecule has 1 amide bonds. The maximum absolute atomic E-state index is 14.2. The number of aryl methyl sites for hydroxylation is 2. The quantitative estimate of drug-likeness (QED) is 0.235. The van der Waals surface area contributed by atoms with Crippen LogP contribution in [0.2, 0.25) is 5.02 Å². The summed E-state index contributed by atoms with van der Waals surface area (Å²) >= 11 is 6.22. The lowest BCUT2D eigenvalue weighted by molar-refractivity contribution is -0.161. The number of aliphatic hydroxyl groups is 1. The number of piperidine rings is 1. The molecule has 4 atom stereocenters. The highest BCUT2D eigenvalue weighted by Gasteiger charge is 2.50. The van der Waals surface area contributed by atoms with Crippen molar-refractivity contribution in [3.63, 3.8) is 0 Å². The molecule has 0 radical (unpaired) electrons. The Morgan fingerprint density at radius 1 is 1.09 bits per heavy atom. The molecule has 1 aliphatic carbocycles. The van der Waals surface area contributed by atoms with E-state index in [1.807, 2.05) is 85.5 Å². The predicted octanol–water partition coefficient (Wildman–Crippen LogP) is 7.32. The minimum atomic E-state index is -0.807. The van der Waals surface area contributed by atoms with Gasteiger partial charge in [-0.2, -0.15) is 0 Å². The maximum Gasteiger partial charge on any atom is 0.340 e. The van der Waals surface area contributed by atoms with Gasteiger partial charge in [-0.3, -0.25) is 4.79 Å². The van der Waals surface area contributed by atoms with E-state index in [1.54, 1.807) is 6.92 Å². The van der Waals surface area contributed by atoms with Crippen molar-refractivity contribution in [1.29, 1.82) is 0 Å². The summed E-state index contributed by atoms with van der Waals surface area (Å²) in [6.45, 7) is 6.04. The molecule has 6 rings (SSSR count). The van der Waals surface area contributed by atoms with Crippen LogP contribution in [0.3, 0.4) is 0 Å². The van der Waals surface area contributed by atoms with Gasteiger partial charge in [0.15, 0.2) is 6.10 Å². The van der Waals surface area contributed by atoms with Gasteiger partial charge < -0.3 is 19.2 Å². The van der Waals surface area contributed by atoms with E-state index >= 15 is 0 Å². The minimum Gasteiger partial charge on any atom is -0.480 e. The number of ether oxygens (including phenoxy) is 1. The molecule has 1 saturated carbocycles. The molecule has 6 nitrogen and oxygen atoms in total. The van der Waals surface area contributed by atoms with Crippen molar-refractivity contribution < 1.29 is 19.1 Å². The summed E-state index contributed by atoms with van der Waals surface area (Å²) in [6, 6.07) is 20.9. The van der Waals surface area contributed by atoms with Crippen LogP contribution in [0, 0.1) is 19.8 Å². The van der Waals surface area contributed by atoms with Crippen LogP contribution in [-0.4, -0.2) is 34.2 Å². The Kier molecular flexibility index (Phi) is 8.10. The number of likely N-dealkylation sites (tertiary alicyclic amines) is 1. The largest absolute Gasteiger partial charge is 0.480 e. The number of fused-ring (bicyclic) bond motifs is 2. The molecule has 43 heavy (non-hydrogen) atoms.